The Kier molecular flexibility index (Phi) is 3.84. The number of aryl methyl sites for hydroxylation is 2. The van der Waals surface area contributed by atoms with Crippen molar-refractivity contribution in [1.82, 2.24) is 14.8 Å². The monoisotopic (exact) mass is 223 g/mol. The van der Waals surface area contributed by atoms with Crippen LogP contribution in [0.3, 0.4) is 0 Å². The number of aromatic nitrogens is 2. The fourth-order valence-corrected chi connectivity index (χ4v) is 1.38. The van der Waals surface area contributed by atoms with Gasteiger partial charge in [0.2, 0.25) is 0 Å². The van der Waals surface area contributed by atoms with Gasteiger partial charge in [-0.1, -0.05) is 0 Å². The van der Waals surface area contributed by atoms with E-state index in [4.69, 9.17) is 4.84 Å². The second kappa shape index (κ2) is 4.94. The van der Waals surface area contributed by atoms with Gasteiger partial charge in [0.05, 0.1) is 12.8 Å². The van der Waals surface area contributed by atoms with Crippen molar-refractivity contribution in [2.45, 2.75) is 13.8 Å². The second-order valence-electron chi connectivity index (χ2n) is 3.56. The molecule has 0 aliphatic rings. The number of carbonyl (C=O) groups is 1. The van der Waals surface area contributed by atoms with E-state index in [1.807, 2.05) is 20.9 Å². The molecule has 1 aromatic rings. The van der Waals surface area contributed by atoms with Gasteiger partial charge >= 0.3 is 0 Å². The van der Waals surface area contributed by atoms with Crippen molar-refractivity contribution in [1.29, 1.82) is 0 Å². The van der Waals surface area contributed by atoms with E-state index in [0.29, 0.717) is 0 Å². The van der Waals surface area contributed by atoms with Gasteiger partial charge in [-0.15, -0.1) is 0 Å². The van der Waals surface area contributed by atoms with Crippen molar-refractivity contribution in [3.8, 4) is 0 Å². The van der Waals surface area contributed by atoms with E-state index in [9.17, 15) is 4.79 Å². The van der Waals surface area contributed by atoms with E-state index in [2.05, 4.69) is 5.10 Å². The summed E-state index contributed by atoms with van der Waals surface area (Å²) in [5.41, 5.74) is 2.91. The molecule has 1 rings (SSSR count). The highest BCUT2D eigenvalue weighted by atomic mass is 16.7. The van der Waals surface area contributed by atoms with E-state index in [1.54, 1.807) is 17.8 Å². The summed E-state index contributed by atoms with van der Waals surface area (Å²) in [4.78, 5) is 16.2. The number of rotatable bonds is 3. The Morgan fingerprint density at radius 1 is 1.50 bits per heavy atom. The summed E-state index contributed by atoms with van der Waals surface area (Å²) < 4.78 is 1.79. The van der Waals surface area contributed by atoms with Crippen LogP contribution in [-0.4, -0.2) is 34.9 Å². The molecular formula is C11H17N3O2. The lowest BCUT2D eigenvalue weighted by Gasteiger charge is -2.09. The minimum absolute atomic E-state index is 0.204. The summed E-state index contributed by atoms with van der Waals surface area (Å²) >= 11 is 0. The molecule has 0 aromatic carbocycles. The van der Waals surface area contributed by atoms with Gasteiger partial charge < -0.3 is 0 Å². The van der Waals surface area contributed by atoms with Gasteiger partial charge in [0.15, 0.2) is 0 Å². The lowest BCUT2D eigenvalue weighted by Crippen LogP contribution is -2.22. The lowest BCUT2D eigenvalue weighted by atomic mass is 10.2. The van der Waals surface area contributed by atoms with Gasteiger partial charge in [-0.05, 0) is 19.9 Å². The predicted molar refractivity (Wildman–Crippen MR) is 61.5 cm³/mol. The van der Waals surface area contributed by atoms with E-state index in [0.717, 1.165) is 22.0 Å². The van der Waals surface area contributed by atoms with Crippen LogP contribution in [0.1, 0.15) is 17.0 Å². The number of hydrogen-bond acceptors (Lipinski definition) is 3. The van der Waals surface area contributed by atoms with E-state index < -0.39 is 0 Å². The molecule has 88 valence electrons. The summed E-state index contributed by atoms with van der Waals surface area (Å²) in [6, 6.07) is 0. The largest absolute Gasteiger partial charge is 0.274 e. The normalized spacial score (nSPS) is 11.1. The molecule has 0 bridgehead atoms. The Bertz CT molecular complexity index is 421. The summed E-state index contributed by atoms with van der Waals surface area (Å²) in [6.07, 6.45) is 3.23. The molecule has 0 atom stereocenters. The fraction of sp³-hybridized carbons (Fsp3) is 0.455. The van der Waals surface area contributed by atoms with Crippen LogP contribution in [-0.2, 0) is 16.7 Å². The Balaban J connectivity index is 2.88. The summed E-state index contributed by atoms with van der Waals surface area (Å²) in [5.74, 6) is -0.204. The first-order valence-corrected chi connectivity index (χ1v) is 4.97. The van der Waals surface area contributed by atoms with Gasteiger partial charge in [0, 0.05) is 31.4 Å². The number of likely N-dealkylation sites (N-methyl/N-ethyl adjacent to an activating group) is 1. The maximum Gasteiger partial charge on any atom is 0.269 e. The molecule has 0 N–H and O–H groups in total. The number of carbonyl (C=O) groups excluding carboxylic acids is 1. The third-order valence-electron chi connectivity index (χ3n) is 2.54. The van der Waals surface area contributed by atoms with Gasteiger partial charge in [0.1, 0.15) is 0 Å². The van der Waals surface area contributed by atoms with Crippen molar-refractivity contribution < 1.29 is 9.63 Å². The average molecular weight is 223 g/mol. The number of amides is 1. The highest BCUT2D eigenvalue weighted by molar-refractivity contribution is 5.91. The van der Waals surface area contributed by atoms with Crippen LogP contribution in [0.5, 0.6) is 0 Å². The zero-order chi connectivity index (χ0) is 12.3. The molecule has 0 saturated heterocycles. The van der Waals surface area contributed by atoms with Gasteiger partial charge in [-0.3, -0.25) is 14.3 Å². The van der Waals surface area contributed by atoms with Crippen LogP contribution in [0.2, 0.25) is 0 Å². The summed E-state index contributed by atoms with van der Waals surface area (Å²) in [7, 11) is 4.89. The highest BCUT2D eigenvalue weighted by Crippen LogP contribution is 2.13. The van der Waals surface area contributed by atoms with Crippen molar-refractivity contribution in [2.24, 2.45) is 7.05 Å². The SMILES string of the molecule is CON(C)C(=O)C=Cc1c(C)nn(C)c1C. The number of nitrogens with zero attached hydrogens (tertiary/aromatic N) is 3. The summed E-state index contributed by atoms with van der Waals surface area (Å²) in [6.45, 7) is 3.88. The average Bonchev–Trinajstić information content (AvgIpc) is 2.49. The highest BCUT2D eigenvalue weighted by Gasteiger charge is 2.07. The summed E-state index contributed by atoms with van der Waals surface area (Å²) in [5, 5.41) is 5.43. The topological polar surface area (TPSA) is 47.4 Å². The molecule has 1 amide bonds. The zero-order valence-corrected chi connectivity index (χ0v) is 10.3. The quantitative estimate of drug-likeness (QED) is 0.569. The molecule has 16 heavy (non-hydrogen) atoms. The molecular weight excluding hydrogens is 206 g/mol. The predicted octanol–water partition coefficient (Wildman–Crippen LogP) is 1.07. The van der Waals surface area contributed by atoms with Crippen LogP contribution in [0, 0.1) is 13.8 Å². The molecule has 1 aromatic heterocycles. The fourth-order valence-electron chi connectivity index (χ4n) is 1.38. The number of hydroxylamine groups is 2. The van der Waals surface area contributed by atoms with Crippen LogP contribution in [0.25, 0.3) is 6.08 Å². The van der Waals surface area contributed by atoms with Gasteiger partial charge in [-0.25, -0.2) is 5.06 Å². The molecule has 0 aliphatic heterocycles. The van der Waals surface area contributed by atoms with E-state index >= 15 is 0 Å². The first-order chi connectivity index (χ1) is 7.47. The van der Waals surface area contributed by atoms with Crippen LogP contribution >= 0.6 is 0 Å². The molecule has 0 unspecified atom stereocenters. The molecule has 0 spiro atoms. The molecule has 0 aliphatic carbocycles. The van der Waals surface area contributed by atoms with E-state index in [1.165, 1.54) is 13.2 Å². The van der Waals surface area contributed by atoms with Crippen molar-refractivity contribution in [2.75, 3.05) is 14.2 Å². The Hall–Kier alpha value is -1.62. The Morgan fingerprint density at radius 2 is 2.12 bits per heavy atom. The first kappa shape index (κ1) is 12.4. The van der Waals surface area contributed by atoms with Crippen molar-refractivity contribution in [3.05, 3.63) is 23.0 Å². The Labute approximate surface area is 95.3 Å². The minimum Gasteiger partial charge on any atom is -0.274 e. The zero-order valence-electron chi connectivity index (χ0n) is 10.3. The molecule has 0 saturated carbocycles. The van der Waals surface area contributed by atoms with Gasteiger partial charge in [-0.2, -0.15) is 5.10 Å². The second-order valence-corrected chi connectivity index (χ2v) is 3.56. The number of hydrogen-bond donors (Lipinski definition) is 0. The Morgan fingerprint density at radius 3 is 2.56 bits per heavy atom. The lowest BCUT2D eigenvalue weighted by molar-refractivity contribution is -0.162. The molecule has 5 nitrogen and oxygen atoms in total. The molecule has 0 fully saturated rings. The van der Waals surface area contributed by atoms with Crippen molar-refractivity contribution >= 4 is 12.0 Å². The van der Waals surface area contributed by atoms with Crippen LogP contribution in [0.15, 0.2) is 6.08 Å². The maximum absolute atomic E-state index is 11.5. The minimum atomic E-state index is -0.204. The third-order valence-corrected chi connectivity index (χ3v) is 2.54. The smallest absolute Gasteiger partial charge is 0.269 e. The molecule has 1 heterocycles. The van der Waals surface area contributed by atoms with Crippen molar-refractivity contribution in [3.63, 3.8) is 0 Å². The standard InChI is InChI=1S/C11H17N3O2/c1-8-10(9(2)13(3)12-8)6-7-11(15)14(4)16-5/h6-7H,1-5H3. The first-order valence-electron chi connectivity index (χ1n) is 4.97. The van der Waals surface area contributed by atoms with Gasteiger partial charge in [0.25, 0.3) is 5.91 Å². The molecule has 5 heteroatoms. The van der Waals surface area contributed by atoms with Crippen LogP contribution < -0.4 is 0 Å². The molecule has 0 radical (unpaired) electrons. The maximum atomic E-state index is 11.5. The van der Waals surface area contributed by atoms with E-state index in [-0.39, 0.29) is 5.91 Å². The van der Waals surface area contributed by atoms with Crippen LogP contribution in [0.4, 0.5) is 0 Å². The third kappa shape index (κ3) is 2.49.